The number of para-hydroxylation sites is 1. The Morgan fingerprint density at radius 2 is 1.82 bits per heavy atom. The van der Waals surface area contributed by atoms with Crippen molar-refractivity contribution in [1.82, 2.24) is 0 Å². The lowest BCUT2D eigenvalue weighted by molar-refractivity contribution is -0.117. The van der Waals surface area contributed by atoms with Crippen LogP contribution < -0.4 is 10.2 Å². The molecule has 5 nitrogen and oxygen atoms in total. The van der Waals surface area contributed by atoms with Crippen LogP contribution in [-0.2, 0) is 16.0 Å². The standard InChI is InChI=1S/C27H22ClN3O2S/c1-17-8-6-13-23(18(17)2)30-25(32)22(16-29)27-31(21-11-4-3-5-12-21)26(33)24(34-27)15-19-9-7-10-20(28)14-19/h3-14,24H,15H2,1-2H3,(H,30,32)/b27-22-/t24-/m0/s1. The molecule has 7 heteroatoms. The van der Waals surface area contributed by atoms with Crippen LogP contribution >= 0.6 is 23.4 Å². The lowest BCUT2D eigenvalue weighted by Crippen LogP contribution is -2.30. The van der Waals surface area contributed by atoms with E-state index in [1.165, 1.54) is 16.7 Å². The number of anilines is 2. The minimum atomic E-state index is -0.546. The van der Waals surface area contributed by atoms with Crippen molar-refractivity contribution in [3.63, 3.8) is 0 Å². The second kappa shape index (κ2) is 10.2. The Labute approximate surface area is 208 Å². The predicted molar refractivity (Wildman–Crippen MR) is 138 cm³/mol. The summed E-state index contributed by atoms with van der Waals surface area (Å²) in [6, 6.07) is 24.1. The van der Waals surface area contributed by atoms with Crippen LogP contribution in [0.2, 0.25) is 5.02 Å². The smallest absolute Gasteiger partial charge is 0.269 e. The summed E-state index contributed by atoms with van der Waals surface area (Å²) in [4.78, 5) is 28.2. The number of nitriles is 1. The van der Waals surface area contributed by atoms with Crippen LogP contribution in [0.5, 0.6) is 0 Å². The van der Waals surface area contributed by atoms with Gasteiger partial charge >= 0.3 is 0 Å². The summed E-state index contributed by atoms with van der Waals surface area (Å²) in [7, 11) is 0. The number of rotatable bonds is 5. The fourth-order valence-electron chi connectivity index (χ4n) is 3.75. The van der Waals surface area contributed by atoms with Gasteiger partial charge in [-0.3, -0.25) is 14.5 Å². The third-order valence-corrected chi connectivity index (χ3v) is 7.18. The number of carbonyl (C=O) groups is 2. The van der Waals surface area contributed by atoms with Crippen molar-refractivity contribution >= 4 is 46.6 Å². The number of amides is 2. The number of benzene rings is 3. The lowest BCUT2D eigenvalue weighted by Gasteiger charge is -2.19. The van der Waals surface area contributed by atoms with E-state index in [1.54, 1.807) is 24.3 Å². The van der Waals surface area contributed by atoms with Crippen LogP contribution in [0.3, 0.4) is 0 Å². The van der Waals surface area contributed by atoms with E-state index in [4.69, 9.17) is 11.6 Å². The normalized spacial score (nSPS) is 16.8. The van der Waals surface area contributed by atoms with Gasteiger partial charge in [-0.15, -0.1) is 0 Å². The maximum absolute atomic E-state index is 13.5. The number of nitrogens with one attached hydrogen (secondary N) is 1. The van der Waals surface area contributed by atoms with Gasteiger partial charge in [0.25, 0.3) is 5.91 Å². The number of thioether (sulfide) groups is 1. The lowest BCUT2D eigenvalue weighted by atomic mass is 10.1. The van der Waals surface area contributed by atoms with Crippen molar-refractivity contribution in [2.45, 2.75) is 25.5 Å². The largest absolute Gasteiger partial charge is 0.321 e. The number of aryl methyl sites for hydroxylation is 1. The quantitative estimate of drug-likeness (QED) is 0.352. The van der Waals surface area contributed by atoms with E-state index in [2.05, 4.69) is 5.32 Å². The zero-order valence-corrected chi connectivity index (χ0v) is 20.3. The molecule has 0 radical (unpaired) electrons. The average Bonchev–Trinajstić information content (AvgIpc) is 3.13. The average molecular weight is 488 g/mol. The van der Waals surface area contributed by atoms with Gasteiger partial charge in [-0.2, -0.15) is 5.26 Å². The first-order valence-electron chi connectivity index (χ1n) is 10.7. The Kier molecular flexibility index (Phi) is 7.06. The summed E-state index contributed by atoms with van der Waals surface area (Å²) in [5.41, 5.74) is 4.00. The maximum Gasteiger partial charge on any atom is 0.269 e. The van der Waals surface area contributed by atoms with Gasteiger partial charge in [-0.1, -0.05) is 65.8 Å². The fourth-order valence-corrected chi connectivity index (χ4v) is 5.27. The highest BCUT2D eigenvalue weighted by Crippen LogP contribution is 2.42. The summed E-state index contributed by atoms with van der Waals surface area (Å²) in [5.74, 6) is -0.728. The fraction of sp³-hybridized carbons (Fsp3) is 0.148. The van der Waals surface area contributed by atoms with Gasteiger partial charge in [0, 0.05) is 16.4 Å². The molecule has 2 amide bonds. The zero-order valence-electron chi connectivity index (χ0n) is 18.7. The van der Waals surface area contributed by atoms with Gasteiger partial charge in [0.15, 0.2) is 0 Å². The van der Waals surface area contributed by atoms with Crippen molar-refractivity contribution in [1.29, 1.82) is 5.26 Å². The Balaban J connectivity index is 1.73. The van der Waals surface area contributed by atoms with Gasteiger partial charge < -0.3 is 5.32 Å². The first-order chi connectivity index (χ1) is 16.4. The van der Waals surface area contributed by atoms with Crippen LogP contribution in [0.15, 0.2) is 83.4 Å². The molecule has 1 aliphatic heterocycles. The van der Waals surface area contributed by atoms with Crippen LogP contribution in [0, 0.1) is 25.2 Å². The highest BCUT2D eigenvalue weighted by atomic mass is 35.5. The molecular formula is C27H22ClN3O2S. The summed E-state index contributed by atoms with van der Waals surface area (Å²) in [6.07, 6.45) is 0.425. The molecular weight excluding hydrogens is 466 g/mol. The number of halogens is 1. The Morgan fingerprint density at radius 3 is 2.53 bits per heavy atom. The third kappa shape index (κ3) is 4.86. The van der Waals surface area contributed by atoms with E-state index in [0.29, 0.717) is 27.8 Å². The van der Waals surface area contributed by atoms with E-state index in [0.717, 1.165) is 16.7 Å². The second-order valence-corrected chi connectivity index (χ2v) is 9.57. The molecule has 1 fully saturated rings. The molecule has 1 saturated heterocycles. The minimum absolute atomic E-state index is 0.100. The first-order valence-corrected chi connectivity index (χ1v) is 12.0. The molecule has 1 heterocycles. The molecule has 1 atom stereocenters. The Morgan fingerprint density at radius 1 is 1.09 bits per heavy atom. The number of carbonyl (C=O) groups excluding carboxylic acids is 2. The maximum atomic E-state index is 13.5. The van der Waals surface area contributed by atoms with Gasteiger partial charge in [0.2, 0.25) is 5.91 Å². The van der Waals surface area contributed by atoms with Crippen molar-refractivity contribution in [3.05, 3.63) is 105 Å². The number of hydrogen-bond donors (Lipinski definition) is 1. The molecule has 0 spiro atoms. The topological polar surface area (TPSA) is 73.2 Å². The molecule has 0 saturated carbocycles. The Bertz CT molecular complexity index is 1330. The molecule has 3 aromatic rings. The molecule has 0 unspecified atom stereocenters. The molecule has 1 N–H and O–H groups in total. The summed E-state index contributed by atoms with van der Waals surface area (Å²) in [6.45, 7) is 3.87. The van der Waals surface area contributed by atoms with Crippen molar-refractivity contribution in [2.24, 2.45) is 0 Å². The van der Waals surface area contributed by atoms with E-state index in [1.807, 2.05) is 68.4 Å². The van der Waals surface area contributed by atoms with E-state index >= 15 is 0 Å². The molecule has 4 rings (SSSR count). The second-order valence-electron chi connectivity index (χ2n) is 7.94. The monoisotopic (exact) mass is 487 g/mol. The third-order valence-electron chi connectivity index (χ3n) is 5.68. The van der Waals surface area contributed by atoms with E-state index < -0.39 is 11.2 Å². The molecule has 1 aliphatic rings. The molecule has 0 aromatic heterocycles. The van der Waals surface area contributed by atoms with Crippen molar-refractivity contribution < 1.29 is 9.59 Å². The van der Waals surface area contributed by atoms with Gasteiger partial charge in [0.1, 0.15) is 16.7 Å². The first kappa shape index (κ1) is 23.6. The van der Waals surface area contributed by atoms with E-state index in [-0.39, 0.29) is 11.5 Å². The van der Waals surface area contributed by atoms with E-state index in [9.17, 15) is 14.9 Å². The van der Waals surface area contributed by atoms with Gasteiger partial charge in [-0.25, -0.2) is 0 Å². The zero-order chi connectivity index (χ0) is 24.2. The number of nitrogens with zero attached hydrogens (tertiary/aromatic N) is 2. The SMILES string of the molecule is Cc1cccc(NC(=O)/C(C#N)=C2\S[C@@H](Cc3cccc(Cl)c3)C(=O)N2c2ccccc2)c1C. The van der Waals surface area contributed by atoms with Crippen molar-refractivity contribution in [3.8, 4) is 6.07 Å². The molecule has 34 heavy (non-hydrogen) atoms. The predicted octanol–water partition coefficient (Wildman–Crippen LogP) is 6.02. The van der Waals surface area contributed by atoms with Crippen LogP contribution in [0.4, 0.5) is 11.4 Å². The minimum Gasteiger partial charge on any atom is -0.321 e. The van der Waals surface area contributed by atoms with Crippen molar-refractivity contribution in [2.75, 3.05) is 10.2 Å². The van der Waals surface area contributed by atoms with Crippen LogP contribution in [0.25, 0.3) is 0 Å². The summed E-state index contributed by atoms with van der Waals surface area (Å²) in [5, 5.41) is 13.3. The highest BCUT2D eigenvalue weighted by Gasteiger charge is 2.40. The van der Waals surface area contributed by atoms with Gasteiger partial charge in [0.05, 0.1) is 5.25 Å². The van der Waals surface area contributed by atoms with Gasteiger partial charge in [-0.05, 0) is 67.3 Å². The molecule has 0 bridgehead atoms. The summed E-state index contributed by atoms with van der Waals surface area (Å²) >= 11 is 7.36. The summed E-state index contributed by atoms with van der Waals surface area (Å²) < 4.78 is 0. The van der Waals surface area contributed by atoms with Crippen LogP contribution in [-0.4, -0.2) is 17.1 Å². The molecule has 3 aromatic carbocycles. The molecule has 170 valence electrons. The molecule has 0 aliphatic carbocycles. The van der Waals surface area contributed by atoms with Crippen LogP contribution in [0.1, 0.15) is 16.7 Å². The number of hydrogen-bond acceptors (Lipinski definition) is 4. The Hall–Kier alpha value is -3.53. The highest BCUT2D eigenvalue weighted by molar-refractivity contribution is 8.05.